The van der Waals surface area contributed by atoms with Gasteiger partial charge in [0.1, 0.15) is 5.69 Å². The molecule has 1 aromatic carbocycles. The number of rotatable bonds is 8. The fourth-order valence-corrected chi connectivity index (χ4v) is 5.54. The Hall–Kier alpha value is -3.45. The van der Waals surface area contributed by atoms with Gasteiger partial charge in [0.25, 0.3) is 11.5 Å². The van der Waals surface area contributed by atoms with Crippen molar-refractivity contribution in [3.8, 4) is 11.3 Å². The Bertz CT molecular complexity index is 1260. The van der Waals surface area contributed by atoms with Crippen molar-refractivity contribution < 1.29 is 4.79 Å². The summed E-state index contributed by atoms with van der Waals surface area (Å²) in [6, 6.07) is 16.0. The zero-order valence-corrected chi connectivity index (χ0v) is 21.7. The maximum atomic E-state index is 12.9. The van der Waals surface area contributed by atoms with E-state index in [1.807, 2.05) is 36.4 Å². The van der Waals surface area contributed by atoms with Crippen molar-refractivity contribution in [2.75, 3.05) is 36.9 Å². The normalized spacial score (nSPS) is 18.2. The number of piperidine rings is 1. The molecule has 4 heterocycles. The number of anilines is 2. The number of hydrogen-bond donors (Lipinski definition) is 2. The van der Waals surface area contributed by atoms with Gasteiger partial charge in [0, 0.05) is 47.8 Å². The monoisotopic (exact) mass is 499 g/mol. The highest BCUT2D eigenvalue weighted by Gasteiger charge is 2.20. The van der Waals surface area contributed by atoms with Gasteiger partial charge >= 0.3 is 0 Å². The topological polar surface area (TPSA) is 81.3 Å². The average molecular weight is 500 g/mol. The average Bonchev–Trinajstić information content (AvgIpc) is 3.35. The van der Waals surface area contributed by atoms with Crippen LogP contribution in [0.15, 0.2) is 59.5 Å². The third kappa shape index (κ3) is 6.28. The number of aryl methyl sites for hydroxylation is 1. The molecule has 1 atom stereocenters. The number of carbonyl (C=O) groups is 1. The number of benzene rings is 1. The Labute approximate surface area is 218 Å². The minimum Gasteiger partial charge on any atom is -0.372 e. The molecule has 2 aliphatic heterocycles. The summed E-state index contributed by atoms with van der Waals surface area (Å²) in [5, 5.41) is 2.79. The second-order valence-electron chi connectivity index (χ2n) is 10.4. The van der Waals surface area contributed by atoms with E-state index in [1.54, 1.807) is 12.3 Å². The van der Waals surface area contributed by atoms with E-state index in [0.717, 1.165) is 48.6 Å². The van der Waals surface area contributed by atoms with Crippen LogP contribution in [0, 0.1) is 0 Å². The predicted octanol–water partition coefficient (Wildman–Crippen LogP) is 5.10. The van der Waals surface area contributed by atoms with Crippen molar-refractivity contribution in [2.45, 2.75) is 57.4 Å². The van der Waals surface area contributed by atoms with E-state index in [0.29, 0.717) is 11.6 Å². The van der Waals surface area contributed by atoms with E-state index in [-0.39, 0.29) is 17.2 Å². The van der Waals surface area contributed by atoms with E-state index in [4.69, 9.17) is 4.98 Å². The maximum absolute atomic E-state index is 12.9. The van der Waals surface area contributed by atoms with E-state index >= 15 is 0 Å². The second kappa shape index (κ2) is 11.7. The molecule has 0 spiro atoms. The number of aromatic amines is 1. The predicted molar refractivity (Wildman–Crippen MR) is 149 cm³/mol. The summed E-state index contributed by atoms with van der Waals surface area (Å²) < 4.78 is 0. The highest BCUT2D eigenvalue weighted by Crippen LogP contribution is 2.23. The highest BCUT2D eigenvalue weighted by atomic mass is 16.2. The third-order valence-electron chi connectivity index (χ3n) is 7.75. The quantitative estimate of drug-likeness (QED) is 0.451. The number of amides is 1. The zero-order chi connectivity index (χ0) is 25.6. The van der Waals surface area contributed by atoms with Crippen molar-refractivity contribution in [1.29, 1.82) is 0 Å². The molecule has 37 heavy (non-hydrogen) atoms. The minimum absolute atomic E-state index is 0.221. The second-order valence-corrected chi connectivity index (χ2v) is 10.4. The van der Waals surface area contributed by atoms with Crippen LogP contribution in [-0.2, 0) is 6.42 Å². The van der Waals surface area contributed by atoms with Gasteiger partial charge in [0.15, 0.2) is 0 Å². The van der Waals surface area contributed by atoms with Crippen LogP contribution in [0.2, 0.25) is 0 Å². The highest BCUT2D eigenvalue weighted by molar-refractivity contribution is 6.04. The molecular formula is C30H37N5O2. The third-order valence-corrected chi connectivity index (χ3v) is 7.75. The molecule has 2 aliphatic rings. The number of pyridine rings is 2. The molecule has 0 saturated carbocycles. The van der Waals surface area contributed by atoms with Crippen LogP contribution in [0.5, 0.6) is 0 Å². The molecule has 2 N–H and O–H groups in total. The number of aromatic nitrogens is 2. The Balaban J connectivity index is 1.24. The first-order valence-corrected chi connectivity index (χ1v) is 13.6. The first-order chi connectivity index (χ1) is 18.1. The van der Waals surface area contributed by atoms with Crippen molar-refractivity contribution in [1.82, 2.24) is 14.9 Å². The van der Waals surface area contributed by atoms with E-state index in [9.17, 15) is 9.59 Å². The molecule has 0 aliphatic carbocycles. The summed E-state index contributed by atoms with van der Waals surface area (Å²) in [4.78, 5) is 37.8. The maximum Gasteiger partial charge on any atom is 0.271 e. The van der Waals surface area contributed by atoms with Crippen LogP contribution in [0.3, 0.4) is 0 Å². The number of H-pyrrole nitrogens is 1. The van der Waals surface area contributed by atoms with Crippen LogP contribution in [-0.4, -0.2) is 53.5 Å². The van der Waals surface area contributed by atoms with E-state index in [1.165, 1.54) is 45.1 Å². The van der Waals surface area contributed by atoms with E-state index < -0.39 is 0 Å². The molecule has 3 aromatic rings. The van der Waals surface area contributed by atoms with Crippen molar-refractivity contribution in [3.63, 3.8) is 0 Å². The first kappa shape index (κ1) is 25.2. The molecule has 7 nitrogen and oxygen atoms in total. The Morgan fingerprint density at radius 2 is 1.86 bits per heavy atom. The van der Waals surface area contributed by atoms with Crippen LogP contribution in [0.25, 0.3) is 11.3 Å². The van der Waals surface area contributed by atoms with Gasteiger partial charge in [-0.2, -0.15) is 0 Å². The molecule has 2 fully saturated rings. The lowest BCUT2D eigenvalue weighted by atomic mass is 10.1. The molecule has 1 unspecified atom stereocenters. The Morgan fingerprint density at radius 1 is 1.05 bits per heavy atom. The van der Waals surface area contributed by atoms with Crippen molar-refractivity contribution in [2.24, 2.45) is 0 Å². The number of hydrogen-bond acceptors (Lipinski definition) is 5. The fraction of sp³-hybridized carbons (Fsp3) is 0.433. The van der Waals surface area contributed by atoms with Gasteiger partial charge in [-0.15, -0.1) is 0 Å². The molecule has 2 saturated heterocycles. The van der Waals surface area contributed by atoms with Gasteiger partial charge in [0.2, 0.25) is 0 Å². The lowest BCUT2D eigenvalue weighted by Gasteiger charge is -2.28. The molecule has 0 bridgehead atoms. The largest absolute Gasteiger partial charge is 0.372 e. The molecule has 1 amide bonds. The SMILES string of the molecule is CN1CCCC1CCCc1cccc(-c2c[nH]c(=O)c(NC(=O)c3ccc(N4CCCCC4)cc3)c2)n1. The summed E-state index contributed by atoms with van der Waals surface area (Å²) >= 11 is 0. The Morgan fingerprint density at radius 3 is 2.62 bits per heavy atom. The lowest BCUT2D eigenvalue weighted by molar-refractivity contribution is 0.102. The molecule has 194 valence electrons. The smallest absolute Gasteiger partial charge is 0.271 e. The lowest BCUT2D eigenvalue weighted by Crippen LogP contribution is -2.29. The van der Waals surface area contributed by atoms with Gasteiger partial charge in [-0.05, 0) is 107 Å². The Kier molecular flexibility index (Phi) is 7.99. The molecule has 7 heteroatoms. The minimum atomic E-state index is -0.334. The number of nitrogens with one attached hydrogen (secondary N) is 2. The fourth-order valence-electron chi connectivity index (χ4n) is 5.54. The summed E-state index contributed by atoms with van der Waals surface area (Å²) in [5.74, 6) is -0.300. The van der Waals surface area contributed by atoms with Gasteiger partial charge in [-0.3, -0.25) is 14.6 Å². The van der Waals surface area contributed by atoms with Crippen LogP contribution < -0.4 is 15.8 Å². The van der Waals surface area contributed by atoms with Crippen LogP contribution in [0.4, 0.5) is 11.4 Å². The molecule has 0 radical (unpaired) electrons. The number of nitrogens with zero attached hydrogens (tertiary/aromatic N) is 3. The zero-order valence-electron chi connectivity index (χ0n) is 21.7. The number of carbonyl (C=O) groups excluding carboxylic acids is 1. The summed E-state index contributed by atoms with van der Waals surface area (Å²) in [5.41, 5.74) is 4.15. The van der Waals surface area contributed by atoms with Crippen LogP contribution >= 0.6 is 0 Å². The van der Waals surface area contributed by atoms with Gasteiger partial charge < -0.3 is 20.1 Å². The van der Waals surface area contributed by atoms with E-state index in [2.05, 4.69) is 33.2 Å². The van der Waals surface area contributed by atoms with Crippen molar-refractivity contribution in [3.05, 3.63) is 76.3 Å². The van der Waals surface area contributed by atoms with Crippen molar-refractivity contribution >= 4 is 17.3 Å². The first-order valence-electron chi connectivity index (χ1n) is 13.6. The summed E-state index contributed by atoms with van der Waals surface area (Å²) in [6.45, 7) is 3.31. The van der Waals surface area contributed by atoms with Gasteiger partial charge in [0.05, 0.1) is 5.69 Å². The summed E-state index contributed by atoms with van der Waals surface area (Å²) in [7, 11) is 2.22. The van der Waals surface area contributed by atoms with Gasteiger partial charge in [-0.25, -0.2) is 0 Å². The molecular weight excluding hydrogens is 462 g/mol. The molecule has 2 aromatic heterocycles. The van der Waals surface area contributed by atoms with Crippen LogP contribution in [0.1, 0.15) is 61.0 Å². The van der Waals surface area contributed by atoms with Gasteiger partial charge in [-0.1, -0.05) is 6.07 Å². The number of likely N-dealkylation sites (tertiary alicyclic amines) is 1. The standard InChI is InChI=1S/C30H37N5O2/c1-34-17-7-11-25(34)10-5-8-24-9-6-12-27(32-24)23-20-28(30(37)31-21-23)33-29(36)22-13-15-26(16-14-22)35-18-3-2-4-19-35/h6,9,12-16,20-21,25H,2-5,7-8,10-11,17-19H2,1H3,(H,31,37)(H,33,36). The molecule has 5 rings (SSSR count). The summed E-state index contributed by atoms with van der Waals surface area (Å²) in [6.07, 6.45) is 11.2.